The van der Waals surface area contributed by atoms with Crippen molar-refractivity contribution in [3.05, 3.63) is 116 Å². The standard InChI is InChI=1S/C30H19NO2S.C3H6.C2H6/c32-19-16-23(20-14-15-27(34)29-22-11-5-7-13-26(22)33-30(20)29)28-21-10-4-6-12-24(21)31(25(28)17-19)18-8-2-1-3-9-18;1-3-2;1-2/h1-17,32,34H;3H,1H2,2H3;1-2H3. The van der Waals surface area contributed by atoms with Crippen LogP contribution in [0.4, 0.5) is 0 Å². The molecule has 0 bridgehead atoms. The van der Waals surface area contributed by atoms with Crippen molar-refractivity contribution >= 4 is 56.4 Å². The Labute approximate surface area is 234 Å². The first kappa shape index (κ1) is 26.2. The maximum absolute atomic E-state index is 10.9. The second kappa shape index (κ2) is 11.1. The number of furan rings is 1. The highest BCUT2D eigenvalue weighted by Crippen LogP contribution is 2.45. The highest BCUT2D eigenvalue weighted by Gasteiger charge is 2.21. The van der Waals surface area contributed by atoms with Crippen molar-refractivity contribution in [2.45, 2.75) is 25.7 Å². The van der Waals surface area contributed by atoms with Gasteiger partial charge in [-0.05, 0) is 55.0 Å². The molecule has 0 radical (unpaired) electrons. The number of phenolic OH excluding ortho intramolecular Hbond substituents is 1. The Morgan fingerprint density at radius 2 is 1.38 bits per heavy atom. The number of fused-ring (bicyclic) bond motifs is 6. The van der Waals surface area contributed by atoms with Crippen molar-refractivity contribution in [2.24, 2.45) is 0 Å². The van der Waals surface area contributed by atoms with E-state index in [1.165, 1.54) is 0 Å². The van der Waals surface area contributed by atoms with Crippen LogP contribution < -0.4 is 0 Å². The summed E-state index contributed by atoms with van der Waals surface area (Å²) in [5.41, 5.74) is 6.54. The van der Waals surface area contributed by atoms with Crippen LogP contribution in [0, 0.1) is 0 Å². The zero-order chi connectivity index (χ0) is 27.5. The molecule has 1 N–H and O–H groups in total. The number of aromatic nitrogens is 1. The fourth-order valence-corrected chi connectivity index (χ4v) is 5.47. The maximum Gasteiger partial charge on any atom is 0.144 e. The number of hydrogen-bond donors (Lipinski definition) is 2. The molecule has 0 atom stereocenters. The quantitative estimate of drug-likeness (QED) is 0.173. The molecule has 0 fully saturated rings. The summed E-state index contributed by atoms with van der Waals surface area (Å²) in [5.74, 6) is 0.210. The van der Waals surface area contributed by atoms with Crippen LogP contribution in [0.3, 0.4) is 0 Å². The van der Waals surface area contributed by atoms with Gasteiger partial charge in [-0.3, -0.25) is 0 Å². The van der Waals surface area contributed by atoms with Crippen LogP contribution in [0.2, 0.25) is 0 Å². The van der Waals surface area contributed by atoms with E-state index in [4.69, 9.17) is 17.0 Å². The van der Waals surface area contributed by atoms with E-state index in [-0.39, 0.29) is 5.75 Å². The normalized spacial score (nSPS) is 10.8. The van der Waals surface area contributed by atoms with Gasteiger partial charge in [0.2, 0.25) is 0 Å². The molecule has 0 saturated carbocycles. The van der Waals surface area contributed by atoms with E-state index in [0.717, 1.165) is 65.5 Å². The molecule has 0 aliphatic carbocycles. The van der Waals surface area contributed by atoms with E-state index in [1.807, 2.05) is 87.5 Å². The van der Waals surface area contributed by atoms with Crippen molar-refractivity contribution in [1.82, 2.24) is 4.57 Å². The first-order valence-corrected chi connectivity index (χ1v) is 13.6. The minimum Gasteiger partial charge on any atom is -0.508 e. The predicted molar refractivity (Wildman–Crippen MR) is 170 cm³/mol. The molecule has 3 nitrogen and oxygen atoms in total. The SMILES string of the molecule is C=CC.CC.Oc1cc(-c2ccc(S)c3c2oc2ccccc23)c2c3ccccc3n(-c3ccccc3)c2c1. The summed E-state index contributed by atoms with van der Waals surface area (Å²) in [5, 5.41) is 15.1. The molecule has 194 valence electrons. The van der Waals surface area contributed by atoms with Crippen LogP contribution in [-0.2, 0) is 0 Å². The van der Waals surface area contributed by atoms with Crippen molar-refractivity contribution in [3.63, 3.8) is 0 Å². The predicted octanol–water partition coefficient (Wildman–Crippen LogP) is 10.6. The second-order valence-corrected chi connectivity index (χ2v) is 9.40. The van der Waals surface area contributed by atoms with Gasteiger partial charge in [0.15, 0.2) is 0 Å². The molecule has 0 spiro atoms. The number of nitrogens with zero attached hydrogens (tertiary/aromatic N) is 1. The third kappa shape index (κ3) is 4.47. The summed E-state index contributed by atoms with van der Waals surface area (Å²) in [7, 11) is 0. The van der Waals surface area contributed by atoms with Crippen molar-refractivity contribution in [2.75, 3.05) is 0 Å². The second-order valence-electron chi connectivity index (χ2n) is 8.92. The van der Waals surface area contributed by atoms with Crippen molar-refractivity contribution in [1.29, 1.82) is 0 Å². The van der Waals surface area contributed by atoms with Crippen LogP contribution in [0.25, 0.3) is 60.6 Å². The van der Waals surface area contributed by atoms with Gasteiger partial charge < -0.3 is 14.1 Å². The number of rotatable bonds is 2. The zero-order valence-electron chi connectivity index (χ0n) is 22.3. The summed E-state index contributed by atoms with van der Waals surface area (Å²) in [6.07, 6.45) is 1.75. The number of phenols is 1. The monoisotopic (exact) mass is 529 g/mol. The third-order valence-electron chi connectivity index (χ3n) is 6.57. The highest BCUT2D eigenvalue weighted by molar-refractivity contribution is 7.80. The average molecular weight is 530 g/mol. The fraction of sp³-hybridized carbons (Fsp3) is 0.0857. The molecule has 2 aromatic heterocycles. The van der Waals surface area contributed by atoms with Gasteiger partial charge in [-0.25, -0.2) is 0 Å². The zero-order valence-corrected chi connectivity index (χ0v) is 23.2. The molecule has 0 amide bonds. The molecule has 0 aliphatic heterocycles. The summed E-state index contributed by atoms with van der Waals surface area (Å²) in [6.45, 7) is 9.25. The number of benzene rings is 5. The van der Waals surface area contributed by atoms with Gasteiger partial charge in [0.05, 0.1) is 11.0 Å². The Balaban J connectivity index is 0.000000579. The Kier molecular flexibility index (Phi) is 7.49. The van der Waals surface area contributed by atoms with Gasteiger partial charge in [0, 0.05) is 43.8 Å². The van der Waals surface area contributed by atoms with Gasteiger partial charge >= 0.3 is 0 Å². The number of hydrogen-bond acceptors (Lipinski definition) is 3. The molecule has 2 heterocycles. The maximum atomic E-state index is 10.9. The molecular formula is C35H31NO2S. The highest BCUT2D eigenvalue weighted by atomic mass is 32.1. The largest absolute Gasteiger partial charge is 0.508 e. The summed E-state index contributed by atoms with van der Waals surface area (Å²) in [6, 6.07) is 34.4. The molecule has 7 rings (SSSR count). The Bertz CT molecular complexity index is 1930. The van der Waals surface area contributed by atoms with Gasteiger partial charge in [0.1, 0.15) is 16.9 Å². The summed E-state index contributed by atoms with van der Waals surface area (Å²) in [4.78, 5) is 0.867. The Morgan fingerprint density at radius 1 is 0.744 bits per heavy atom. The van der Waals surface area contributed by atoms with Gasteiger partial charge in [0.25, 0.3) is 0 Å². The molecule has 7 aromatic rings. The average Bonchev–Trinajstić information content (AvgIpc) is 3.52. The van der Waals surface area contributed by atoms with Gasteiger partial charge in [-0.1, -0.05) is 74.5 Å². The number of para-hydroxylation sites is 3. The first-order chi connectivity index (χ1) is 19.1. The van der Waals surface area contributed by atoms with E-state index >= 15 is 0 Å². The van der Waals surface area contributed by atoms with Crippen molar-refractivity contribution < 1.29 is 9.52 Å². The van der Waals surface area contributed by atoms with Crippen LogP contribution in [0.5, 0.6) is 5.75 Å². The van der Waals surface area contributed by atoms with Gasteiger partial charge in [-0.2, -0.15) is 0 Å². The molecule has 4 heteroatoms. The van der Waals surface area contributed by atoms with Crippen LogP contribution in [-0.4, -0.2) is 9.67 Å². The smallest absolute Gasteiger partial charge is 0.144 e. The van der Waals surface area contributed by atoms with E-state index in [9.17, 15) is 5.11 Å². The third-order valence-corrected chi connectivity index (χ3v) is 6.94. The van der Waals surface area contributed by atoms with Gasteiger partial charge in [-0.15, -0.1) is 19.2 Å². The van der Waals surface area contributed by atoms with E-state index in [1.54, 1.807) is 6.08 Å². The molecule has 0 saturated heterocycles. The van der Waals surface area contributed by atoms with Crippen LogP contribution in [0.15, 0.2) is 125 Å². The minimum absolute atomic E-state index is 0.210. The molecule has 0 unspecified atom stereocenters. The lowest BCUT2D eigenvalue weighted by Crippen LogP contribution is -1.93. The first-order valence-electron chi connectivity index (χ1n) is 13.1. The Hall–Kier alpha value is -4.41. The van der Waals surface area contributed by atoms with Crippen molar-refractivity contribution in [3.8, 4) is 22.6 Å². The summed E-state index contributed by atoms with van der Waals surface area (Å²) >= 11 is 4.74. The van der Waals surface area contributed by atoms with E-state index < -0.39 is 0 Å². The number of thiol groups is 1. The molecule has 39 heavy (non-hydrogen) atoms. The fourth-order valence-electron chi connectivity index (χ4n) is 5.17. The lowest BCUT2D eigenvalue weighted by molar-refractivity contribution is 0.476. The number of aromatic hydroxyl groups is 1. The van der Waals surface area contributed by atoms with Crippen LogP contribution in [0.1, 0.15) is 20.8 Å². The topological polar surface area (TPSA) is 38.3 Å². The minimum atomic E-state index is 0.210. The molecule has 0 aliphatic rings. The lowest BCUT2D eigenvalue weighted by Gasteiger charge is -2.10. The number of allylic oxidation sites excluding steroid dienone is 1. The van der Waals surface area contributed by atoms with Crippen LogP contribution >= 0.6 is 12.6 Å². The Morgan fingerprint density at radius 3 is 2.13 bits per heavy atom. The van der Waals surface area contributed by atoms with E-state index in [0.29, 0.717) is 0 Å². The molecule has 5 aromatic carbocycles. The molecular weight excluding hydrogens is 498 g/mol. The summed E-state index contributed by atoms with van der Waals surface area (Å²) < 4.78 is 8.58. The lowest BCUT2D eigenvalue weighted by atomic mass is 9.97. The van der Waals surface area contributed by atoms with E-state index in [2.05, 4.69) is 47.5 Å².